The summed E-state index contributed by atoms with van der Waals surface area (Å²) in [6.07, 6.45) is 0. The summed E-state index contributed by atoms with van der Waals surface area (Å²) < 4.78 is 7.37. The van der Waals surface area contributed by atoms with Gasteiger partial charge in [-0.2, -0.15) is 0 Å². The monoisotopic (exact) mass is 673 g/mol. The van der Waals surface area contributed by atoms with Gasteiger partial charge in [0.1, 0.15) is 0 Å². The van der Waals surface area contributed by atoms with Crippen LogP contribution in [0.3, 0.4) is 0 Å². The minimum Gasteiger partial charge on any atom is -0.309 e. The summed E-state index contributed by atoms with van der Waals surface area (Å²) in [4.78, 5) is 0. The average Bonchev–Trinajstić information content (AvgIpc) is 3.86. The predicted octanol–water partition coefficient (Wildman–Crippen LogP) is 13.2. The second kappa shape index (κ2) is 10.7. The minimum atomic E-state index is 1.14. The molecular weight excluding hydrogens is 643 g/mol. The van der Waals surface area contributed by atoms with Crippen molar-refractivity contribution in [1.29, 1.82) is 0 Å². The Hall–Kier alpha value is -7.10. The van der Waals surface area contributed by atoms with Crippen LogP contribution >= 0.6 is 0 Å². The molecule has 0 aliphatic rings. The highest BCUT2D eigenvalue weighted by Crippen LogP contribution is 2.44. The standard InChI is InChI=1S/C50H31N3/c1-2-12-32(13-3-1)33-24-26-36(27-25-33)51-47-30-37(52-43-18-8-4-14-39(43)40-15-5-9-19-44(40)52)28-34-22-23-35-29-38(31-48(51)50(35)49(34)47)53-45-20-10-6-16-41(45)42-17-7-11-21-46(42)53/h1-31H. The molecule has 0 saturated heterocycles. The molecule has 0 unspecified atom stereocenters. The topological polar surface area (TPSA) is 14.8 Å². The SMILES string of the molecule is c1ccc(-c2ccc(-n3c4cc(-n5c6ccccc6c6ccccc65)cc5ccc6cc(-n7c8ccccc8c8ccccc87)cc3c6c54)cc2)cc1. The number of nitrogens with zero attached hydrogens (tertiary/aromatic N) is 3. The van der Waals surface area contributed by atoms with Gasteiger partial charge in [0.2, 0.25) is 0 Å². The van der Waals surface area contributed by atoms with Crippen molar-refractivity contribution in [2.45, 2.75) is 0 Å². The van der Waals surface area contributed by atoms with Crippen LogP contribution in [0.2, 0.25) is 0 Å². The Morgan fingerprint density at radius 2 is 0.604 bits per heavy atom. The number of hydrogen-bond acceptors (Lipinski definition) is 0. The van der Waals surface area contributed by atoms with Crippen LogP contribution in [0.4, 0.5) is 0 Å². The van der Waals surface area contributed by atoms with E-state index in [1.807, 2.05) is 0 Å². The molecule has 9 aromatic carbocycles. The van der Waals surface area contributed by atoms with Crippen LogP contribution in [0.15, 0.2) is 188 Å². The summed E-state index contributed by atoms with van der Waals surface area (Å²) in [5, 5.41) is 10.1. The third-order valence-corrected chi connectivity index (χ3v) is 11.3. The molecule has 0 aliphatic carbocycles. The van der Waals surface area contributed by atoms with Crippen LogP contribution in [-0.4, -0.2) is 13.7 Å². The first-order valence-corrected chi connectivity index (χ1v) is 18.3. The third-order valence-electron chi connectivity index (χ3n) is 11.3. The van der Waals surface area contributed by atoms with Gasteiger partial charge in [-0.1, -0.05) is 127 Å². The molecule has 0 aliphatic heterocycles. The highest BCUT2D eigenvalue weighted by molar-refractivity contribution is 6.25. The Bertz CT molecular complexity index is 3080. The fraction of sp³-hybridized carbons (Fsp3) is 0. The van der Waals surface area contributed by atoms with Gasteiger partial charge in [0.25, 0.3) is 0 Å². The van der Waals surface area contributed by atoms with Crippen LogP contribution in [0.1, 0.15) is 0 Å². The number of rotatable bonds is 4. The molecule has 0 atom stereocenters. The first kappa shape index (κ1) is 28.6. The first-order chi connectivity index (χ1) is 26.3. The van der Waals surface area contributed by atoms with Crippen molar-refractivity contribution in [2.24, 2.45) is 0 Å². The van der Waals surface area contributed by atoms with E-state index in [-0.39, 0.29) is 0 Å². The minimum absolute atomic E-state index is 1.14. The lowest BCUT2D eigenvalue weighted by molar-refractivity contribution is 1.15. The average molecular weight is 674 g/mol. The largest absolute Gasteiger partial charge is 0.309 e. The Balaban J connectivity index is 1.20. The van der Waals surface area contributed by atoms with Crippen LogP contribution in [0.5, 0.6) is 0 Å². The Kier molecular flexibility index (Phi) is 5.77. The van der Waals surface area contributed by atoms with E-state index in [9.17, 15) is 0 Å². The van der Waals surface area contributed by atoms with Crippen molar-refractivity contribution in [3.05, 3.63) is 188 Å². The lowest BCUT2D eigenvalue weighted by Crippen LogP contribution is -1.98. The second-order valence-corrected chi connectivity index (χ2v) is 14.2. The number of benzene rings is 9. The zero-order chi connectivity index (χ0) is 34.6. The highest BCUT2D eigenvalue weighted by Gasteiger charge is 2.22. The maximum Gasteiger partial charge on any atom is 0.0568 e. The van der Waals surface area contributed by atoms with Gasteiger partial charge in [0, 0.05) is 49.4 Å². The molecule has 0 saturated carbocycles. The third kappa shape index (κ3) is 3.99. The molecule has 12 aromatic rings. The van der Waals surface area contributed by atoms with E-state index in [2.05, 4.69) is 202 Å². The summed E-state index contributed by atoms with van der Waals surface area (Å²) >= 11 is 0. The van der Waals surface area contributed by atoms with E-state index in [1.165, 1.54) is 87.3 Å². The van der Waals surface area contributed by atoms with Gasteiger partial charge in [0.05, 0.1) is 33.1 Å². The molecule has 0 radical (unpaired) electrons. The molecule has 3 heterocycles. The quantitative estimate of drug-likeness (QED) is 0.165. The fourth-order valence-corrected chi connectivity index (χ4v) is 9.11. The molecule has 0 amide bonds. The highest BCUT2D eigenvalue weighted by atomic mass is 15.0. The molecule has 0 fully saturated rings. The van der Waals surface area contributed by atoms with E-state index in [1.54, 1.807) is 0 Å². The normalized spacial score (nSPS) is 12.2. The lowest BCUT2D eigenvalue weighted by Gasteiger charge is -2.13. The van der Waals surface area contributed by atoms with E-state index in [0.29, 0.717) is 0 Å². The second-order valence-electron chi connectivity index (χ2n) is 14.2. The van der Waals surface area contributed by atoms with Crippen molar-refractivity contribution in [3.8, 4) is 28.2 Å². The Morgan fingerprint density at radius 1 is 0.245 bits per heavy atom. The molecule has 0 N–H and O–H groups in total. The summed E-state index contributed by atoms with van der Waals surface area (Å²) in [7, 11) is 0. The lowest BCUT2D eigenvalue weighted by atomic mass is 10.0. The molecule has 53 heavy (non-hydrogen) atoms. The Labute approximate surface area is 305 Å². The molecule has 0 spiro atoms. The van der Waals surface area contributed by atoms with Crippen LogP contribution in [0, 0.1) is 0 Å². The number of fused-ring (bicyclic) bond motifs is 6. The molecule has 3 nitrogen and oxygen atoms in total. The zero-order valence-electron chi connectivity index (χ0n) is 28.7. The van der Waals surface area contributed by atoms with E-state index < -0.39 is 0 Å². The fourth-order valence-electron chi connectivity index (χ4n) is 9.11. The van der Waals surface area contributed by atoms with Gasteiger partial charge in [-0.15, -0.1) is 0 Å². The molecular formula is C50H31N3. The zero-order valence-corrected chi connectivity index (χ0v) is 28.7. The van der Waals surface area contributed by atoms with Gasteiger partial charge in [-0.25, -0.2) is 0 Å². The van der Waals surface area contributed by atoms with E-state index in [0.717, 1.165) is 17.1 Å². The Morgan fingerprint density at radius 3 is 1.04 bits per heavy atom. The number of para-hydroxylation sites is 4. The summed E-state index contributed by atoms with van der Waals surface area (Å²) in [5.74, 6) is 0. The summed E-state index contributed by atoms with van der Waals surface area (Å²) in [5.41, 5.74) is 13.1. The van der Waals surface area contributed by atoms with Gasteiger partial charge in [0.15, 0.2) is 0 Å². The molecule has 0 bridgehead atoms. The molecule has 246 valence electrons. The van der Waals surface area contributed by atoms with Gasteiger partial charge in [-0.3, -0.25) is 0 Å². The number of aromatic nitrogens is 3. The predicted molar refractivity (Wildman–Crippen MR) is 224 cm³/mol. The van der Waals surface area contributed by atoms with E-state index in [4.69, 9.17) is 0 Å². The number of hydrogen-bond donors (Lipinski definition) is 0. The molecule has 3 heteroatoms. The van der Waals surface area contributed by atoms with Crippen molar-refractivity contribution in [3.63, 3.8) is 0 Å². The maximum absolute atomic E-state index is 2.49. The maximum atomic E-state index is 2.49. The van der Waals surface area contributed by atoms with Crippen molar-refractivity contribution in [1.82, 2.24) is 13.7 Å². The van der Waals surface area contributed by atoms with Crippen LogP contribution < -0.4 is 0 Å². The molecule has 12 rings (SSSR count). The molecule has 3 aromatic heterocycles. The van der Waals surface area contributed by atoms with E-state index >= 15 is 0 Å². The van der Waals surface area contributed by atoms with Crippen molar-refractivity contribution < 1.29 is 0 Å². The summed E-state index contributed by atoms with van der Waals surface area (Å²) in [6, 6.07) is 69.0. The van der Waals surface area contributed by atoms with Crippen LogP contribution in [-0.2, 0) is 0 Å². The van der Waals surface area contributed by atoms with Gasteiger partial charge in [-0.05, 0) is 82.6 Å². The smallest absolute Gasteiger partial charge is 0.0568 e. The van der Waals surface area contributed by atoms with Gasteiger partial charge >= 0.3 is 0 Å². The first-order valence-electron chi connectivity index (χ1n) is 18.3. The summed E-state index contributed by atoms with van der Waals surface area (Å²) in [6.45, 7) is 0. The van der Waals surface area contributed by atoms with Crippen molar-refractivity contribution in [2.75, 3.05) is 0 Å². The van der Waals surface area contributed by atoms with Gasteiger partial charge < -0.3 is 13.7 Å². The van der Waals surface area contributed by atoms with Crippen molar-refractivity contribution >= 4 is 76.2 Å². The van der Waals surface area contributed by atoms with Crippen LogP contribution in [0.25, 0.3) is 104 Å².